The highest BCUT2D eigenvalue weighted by Crippen LogP contribution is 2.34. The zero-order valence-electron chi connectivity index (χ0n) is 16.0. The molecule has 2 aromatic heterocycles. The molecule has 0 unspecified atom stereocenters. The minimum Gasteiger partial charge on any atom is -0.298 e. The summed E-state index contributed by atoms with van der Waals surface area (Å²) < 4.78 is 69.4. The molecule has 2 aromatic carbocycles. The number of anilines is 1. The minimum atomic E-state index is -4.98. The molecule has 5 nitrogen and oxygen atoms in total. The zero-order valence-corrected chi connectivity index (χ0v) is 16.8. The Hall–Kier alpha value is -3.60. The van der Waals surface area contributed by atoms with Crippen LogP contribution >= 0.6 is 11.3 Å². The quantitative estimate of drug-likeness (QED) is 0.399. The second kappa shape index (κ2) is 8.50. The van der Waals surface area contributed by atoms with Gasteiger partial charge in [-0.15, -0.1) is 11.3 Å². The van der Waals surface area contributed by atoms with Gasteiger partial charge in [-0.1, -0.05) is 30.3 Å². The van der Waals surface area contributed by atoms with Crippen LogP contribution in [0, 0.1) is 11.6 Å². The van der Waals surface area contributed by atoms with Crippen molar-refractivity contribution in [3.63, 3.8) is 0 Å². The predicted octanol–water partition coefficient (Wildman–Crippen LogP) is 5.47. The molecule has 0 saturated carbocycles. The summed E-state index contributed by atoms with van der Waals surface area (Å²) in [5.41, 5.74) is -2.23. The van der Waals surface area contributed by atoms with Gasteiger partial charge in [-0.3, -0.25) is 10.1 Å². The number of nitrogens with zero attached hydrogens (tertiary/aromatic N) is 3. The first-order valence-electron chi connectivity index (χ1n) is 9.13. The van der Waals surface area contributed by atoms with Crippen LogP contribution in [0.15, 0.2) is 60.9 Å². The third-order valence-corrected chi connectivity index (χ3v) is 5.37. The molecule has 1 amide bonds. The number of halogens is 5. The second-order valence-corrected chi connectivity index (χ2v) is 7.74. The van der Waals surface area contributed by atoms with Gasteiger partial charge in [0.25, 0.3) is 5.91 Å². The molecular weight excluding hydrogens is 451 g/mol. The smallest absolute Gasteiger partial charge is 0.298 e. The van der Waals surface area contributed by atoms with E-state index < -0.39 is 40.7 Å². The van der Waals surface area contributed by atoms with Crippen LogP contribution in [0.5, 0.6) is 0 Å². The molecule has 2 heterocycles. The van der Waals surface area contributed by atoms with Gasteiger partial charge < -0.3 is 0 Å². The van der Waals surface area contributed by atoms with Crippen molar-refractivity contribution in [3.8, 4) is 5.69 Å². The van der Waals surface area contributed by atoms with Gasteiger partial charge in [-0.05, 0) is 23.8 Å². The number of amides is 1. The Morgan fingerprint density at radius 1 is 1.00 bits per heavy atom. The third-order valence-electron chi connectivity index (χ3n) is 4.46. The summed E-state index contributed by atoms with van der Waals surface area (Å²) in [6, 6.07) is 10.9. The summed E-state index contributed by atoms with van der Waals surface area (Å²) in [4.78, 5) is 17.2. The molecule has 0 aliphatic carbocycles. The summed E-state index contributed by atoms with van der Waals surface area (Å²) >= 11 is 1.00. The molecule has 0 fully saturated rings. The fourth-order valence-corrected chi connectivity index (χ4v) is 3.87. The maximum Gasteiger partial charge on any atom is 0.434 e. The standard InChI is InChI=1S/C21H13F5N4OS/c22-15-6-2-1-5-12(15)9-13-10-27-20(32-13)29-19(31)14-11-28-30(18(14)21(24,25)26)17-8-4-3-7-16(17)23/h1-8,10-11H,9H2,(H,27,29,31). The van der Waals surface area contributed by atoms with Crippen molar-refractivity contribution < 1.29 is 26.7 Å². The summed E-state index contributed by atoms with van der Waals surface area (Å²) in [6.45, 7) is 0. The lowest BCUT2D eigenvalue weighted by molar-refractivity contribution is -0.143. The number of para-hydroxylation sites is 1. The SMILES string of the molecule is O=C(Nc1ncc(Cc2ccccc2F)s1)c1cnn(-c2ccccc2F)c1C(F)(F)F. The van der Waals surface area contributed by atoms with E-state index in [1.807, 2.05) is 0 Å². The number of alkyl halides is 3. The molecule has 0 aliphatic rings. The average molecular weight is 464 g/mol. The zero-order chi connectivity index (χ0) is 22.9. The first kappa shape index (κ1) is 21.6. The van der Waals surface area contributed by atoms with Gasteiger partial charge in [0.15, 0.2) is 10.8 Å². The van der Waals surface area contributed by atoms with Crippen molar-refractivity contribution >= 4 is 22.4 Å². The molecular formula is C21H13F5N4OS. The van der Waals surface area contributed by atoms with E-state index in [-0.39, 0.29) is 11.6 Å². The van der Waals surface area contributed by atoms with E-state index in [1.54, 1.807) is 18.2 Å². The maximum atomic E-state index is 14.0. The van der Waals surface area contributed by atoms with Crippen molar-refractivity contribution in [2.24, 2.45) is 0 Å². The van der Waals surface area contributed by atoms with Gasteiger partial charge in [-0.25, -0.2) is 18.4 Å². The molecule has 0 bridgehead atoms. The molecule has 0 saturated heterocycles. The summed E-state index contributed by atoms with van der Waals surface area (Å²) in [7, 11) is 0. The lowest BCUT2D eigenvalue weighted by Crippen LogP contribution is -2.21. The first-order valence-corrected chi connectivity index (χ1v) is 9.95. The van der Waals surface area contributed by atoms with Gasteiger partial charge in [-0.2, -0.15) is 18.3 Å². The Bertz CT molecular complexity index is 1280. The maximum absolute atomic E-state index is 14.0. The van der Waals surface area contributed by atoms with Crippen molar-refractivity contribution in [1.82, 2.24) is 14.8 Å². The van der Waals surface area contributed by atoms with Gasteiger partial charge in [0.2, 0.25) is 0 Å². The van der Waals surface area contributed by atoms with E-state index in [2.05, 4.69) is 15.4 Å². The number of carbonyl (C=O) groups is 1. The van der Waals surface area contributed by atoms with E-state index >= 15 is 0 Å². The molecule has 164 valence electrons. The number of benzene rings is 2. The monoisotopic (exact) mass is 464 g/mol. The van der Waals surface area contributed by atoms with Crippen LogP contribution in [0.4, 0.5) is 27.1 Å². The van der Waals surface area contributed by atoms with Gasteiger partial charge in [0, 0.05) is 17.5 Å². The molecule has 4 rings (SSSR count). The summed E-state index contributed by atoms with van der Waals surface area (Å²) in [6.07, 6.45) is -2.65. The van der Waals surface area contributed by atoms with Crippen molar-refractivity contribution in [3.05, 3.63) is 94.3 Å². The molecule has 32 heavy (non-hydrogen) atoms. The topological polar surface area (TPSA) is 59.8 Å². The van der Waals surface area contributed by atoms with Crippen LogP contribution in [0.2, 0.25) is 0 Å². The highest BCUT2D eigenvalue weighted by atomic mass is 32.1. The molecule has 0 radical (unpaired) electrons. The normalized spacial score (nSPS) is 11.5. The second-order valence-electron chi connectivity index (χ2n) is 6.62. The fourth-order valence-electron chi connectivity index (χ4n) is 3.03. The number of hydrogen-bond acceptors (Lipinski definition) is 4. The Labute approximate surface area is 182 Å². The molecule has 1 N–H and O–H groups in total. The summed E-state index contributed by atoms with van der Waals surface area (Å²) in [5.74, 6) is -2.43. The van der Waals surface area contributed by atoms with E-state index in [4.69, 9.17) is 0 Å². The Kier molecular flexibility index (Phi) is 5.74. The third kappa shape index (κ3) is 4.37. The van der Waals surface area contributed by atoms with Gasteiger partial charge >= 0.3 is 6.18 Å². The number of thiazole rings is 1. The Balaban J connectivity index is 1.60. The van der Waals surface area contributed by atoms with Crippen LogP contribution in [0.25, 0.3) is 5.69 Å². The van der Waals surface area contributed by atoms with Crippen molar-refractivity contribution in [1.29, 1.82) is 0 Å². The minimum absolute atomic E-state index is 0.0353. The molecule has 0 spiro atoms. The number of carbonyl (C=O) groups excluding carboxylic acids is 1. The number of nitrogens with one attached hydrogen (secondary N) is 1. The van der Waals surface area contributed by atoms with Crippen LogP contribution in [0.3, 0.4) is 0 Å². The van der Waals surface area contributed by atoms with Crippen LogP contribution in [-0.4, -0.2) is 20.7 Å². The average Bonchev–Trinajstić information content (AvgIpc) is 3.37. The largest absolute Gasteiger partial charge is 0.434 e. The number of aromatic nitrogens is 3. The Morgan fingerprint density at radius 2 is 1.69 bits per heavy atom. The van der Waals surface area contributed by atoms with Crippen LogP contribution in [-0.2, 0) is 12.6 Å². The number of hydrogen-bond donors (Lipinski definition) is 1. The fraction of sp³-hybridized carbons (Fsp3) is 0.0952. The first-order chi connectivity index (χ1) is 15.2. The Morgan fingerprint density at radius 3 is 2.38 bits per heavy atom. The highest BCUT2D eigenvalue weighted by molar-refractivity contribution is 7.15. The summed E-state index contributed by atoms with van der Waals surface area (Å²) in [5, 5.41) is 5.92. The van der Waals surface area contributed by atoms with Crippen molar-refractivity contribution in [2.75, 3.05) is 5.32 Å². The molecule has 0 atom stereocenters. The van der Waals surface area contributed by atoms with Crippen molar-refractivity contribution in [2.45, 2.75) is 12.6 Å². The lowest BCUT2D eigenvalue weighted by Gasteiger charge is -2.13. The van der Waals surface area contributed by atoms with E-state index in [1.165, 1.54) is 24.4 Å². The van der Waals surface area contributed by atoms with Gasteiger partial charge in [0.1, 0.15) is 17.3 Å². The van der Waals surface area contributed by atoms with E-state index in [0.717, 1.165) is 29.7 Å². The van der Waals surface area contributed by atoms with E-state index in [9.17, 15) is 26.7 Å². The molecule has 4 aromatic rings. The predicted molar refractivity (Wildman–Crippen MR) is 108 cm³/mol. The highest BCUT2D eigenvalue weighted by Gasteiger charge is 2.41. The van der Waals surface area contributed by atoms with E-state index in [0.29, 0.717) is 15.1 Å². The van der Waals surface area contributed by atoms with Gasteiger partial charge in [0.05, 0.1) is 11.8 Å². The number of rotatable bonds is 5. The lowest BCUT2D eigenvalue weighted by atomic mass is 10.1. The molecule has 11 heteroatoms. The van der Waals surface area contributed by atoms with Crippen LogP contribution in [0.1, 0.15) is 26.5 Å². The van der Waals surface area contributed by atoms with Crippen LogP contribution < -0.4 is 5.32 Å². The molecule has 0 aliphatic heterocycles.